The van der Waals surface area contributed by atoms with Gasteiger partial charge in [-0.05, 0) is 29.9 Å². The third-order valence-corrected chi connectivity index (χ3v) is 4.48. The number of rotatable bonds is 4. The summed E-state index contributed by atoms with van der Waals surface area (Å²) in [6.07, 6.45) is 3.39. The number of amides is 1. The van der Waals surface area contributed by atoms with Crippen LogP contribution in [0.3, 0.4) is 0 Å². The van der Waals surface area contributed by atoms with Gasteiger partial charge in [0.25, 0.3) is 12.3 Å². The van der Waals surface area contributed by atoms with Gasteiger partial charge in [-0.3, -0.25) is 4.79 Å². The number of halogens is 2. The van der Waals surface area contributed by atoms with Gasteiger partial charge in [-0.1, -0.05) is 13.0 Å². The lowest BCUT2D eigenvalue weighted by atomic mass is 9.83. The fourth-order valence-corrected chi connectivity index (χ4v) is 3.41. The van der Waals surface area contributed by atoms with E-state index < -0.39 is 13.0 Å². The summed E-state index contributed by atoms with van der Waals surface area (Å²) in [6, 6.07) is 0. The number of allylic oxidation sites excluding steroid dienone is 1. The van der Waals surface area contributed by atoms with Gasteiger partial charge in [-0.15, -0.1) is 0 Å². The lowest BCUT2D eigenvalue weighted by molar-refractivity contribution is 0.0890. The standard InChI is InChI=1S/C16H21F2N3O/c1-2-10-3-4-11-7-19-5-6-21-9-12(14(10)15(11)21)16(22)20-8-13(17)18/h4,9-10,13,19H,2-3,5-8H2,1H3,(H,20,22)/t10-/m0/s1. The van der Waals surface area contributed by atoms with Crippen molar-refractivity contribution in [3.63, 3.8) is 0 Å². The Morgan fingerprint density at radius 3 is 3.09 bits per heavy atom. The monoisotopic (exact) mass is 309 g/mol. The van der Waals surface area contributed by atoms with E-state index in [1.54, 1.807) is 0 Å². The number of aromatic nitrogens is 1. The maximum Gasteiger partial charge on any atom is 0.255 e. The van der Waals surface area contributed by atoms with Crippen molar-refractivity contribution in [2.75, 3.05) is 19.6 Å². The molecule has 0 radical (unpaired) electrons. The van der Waals surface area contributed by atoms with Crippen LogP contribution in [0.5, 0.6) is 0 Å². The summed E-state index contributed by atoms with van der Waals surface area (Å²) in [7, 11) is 0. The zero-order chi connectivity index (χ0) is 15.7. The van der Waals surface area contributed by atoms with E-state index in [9.17, 15) is 13.6 Å². The molecule has 1 aliphatic carbocycles. The molecule has 3 rings (SSSR count). The second-order valence-corrected chi connectivity index (χ2v) is 5.85. The van der Waals surface area contributed by atoms with E-state index in [-0.39, 0.29) is 11.8 Å². The highest BCUT2D eigenvalue weighted by Crippen LogP contribution is 2.40. The second-order valence-electron chi connectivity index (χ2n) is 5.85. The lowest BCUT2D eigenvalue weighted by Gasteiger charge is -2.23. The molecule has 4 nitrogen and oxygen atoms in total. The first kappa shape index (κ1) is 15.2. The van der Waals surface area contributed by atoms with Crippen LogP contribution in [0.2, 0.25) is 0 Å². The van der Waals surface area contributed by atoms with Crippen molar-refractivity contribution in [2.24, 2.45) is 0 Å². The Morgan fingerprint density at radius 2 is 2.36 bits per heavy atom. The van der Waals surface area contributed by atoms with E-state index in [4.69, 9.17) is 0 Å². The Balaban J connectivity index is 2.01. The van der Waals surface area contributed by atoms with Crippen molar-refractivity contribution in [1.29, 1.82) is 0 Å². The molecule has 22 heavy (non-hydrogen) atoms. The SMILES string of the molecule is CC[C@H]1CC=C2CNCCn3cc(C(=O)NCC(F)F)c1c32. The maximum atomic E-state index is 12.4. The van der Waals surface area contributed by atoms with Crippen molar-refractivity contribution in [2.45, 2.75) is 38.7 Å². The largest absolute Gasteiger partial charge is 0.346 e. The quantitative estimate of drug-likeness (QED) is 0.897. The van der Waals surface area contributed by atoms with Crippen molar-refractivity contribution in [3.8, 4) is 0 Å². The predicted octanol–water partition coefficient (Wildman–Crippen LogP) is 2.37. The summed E-state index contributed by atoms with van der Waals surface area (Å²) >= 11 is 0. The highest BCUT2D eigenvalue weighted by molar-refractivity contribution is 5.97. The van der Waals surface area contributed by atoms with E-state index in [1.807, 2.05) is 6.20 Å². The number of carbonyl (C=O) groups is 1. The molecule has 0 bridgehead atoms. The molecular weight excluding hydrogens is 288 g/mol. The summed E-state index contributed by atoms with van der Waals surface area (Å²) in [6.45, 7) is 3.93. The molecule has 0 spiro atoms. The van der Waals surface area contributed by atoms with Gasteiger partial charge in [-0.25, -0.2) is 8.78 Å². The molecule has 2 N–H and O–H groups in total. The van der Waals surface area contributed by atoms with Crippen molar-refractivity contribution < 1.29 is 13.6 Å². The third kappa shape index (κ3) is 2.67. The average molecular weight is 309 g/mol. The Labute approximate surface area is 128 Å². The molecule has 0 saturated carbocycles. The van der Waals surface area contributed by atoms with E-state index >= 15 is 0 Å². The minimum absolute atomic E-state index is 0.283. The first-order valence-electron chi connectivity index (χ1n) is 7.81. The normalized spacial score (nSPS) is 20.4. The molecular formula is C16H21F2N3O. The molecule has 6 heteroatoms. The molecule has 1 aromatic heterocycles. The summed E-state index contributed by atoms with van der Waals surface area (Å²) in [5.74, 6) is -0.103. The molecule has 2 aliphatic rings. The molecule has 0 saturated heterocycles. The zero-order valence-corrected chi connectivity index (χ0v) is 12.7. The Morgan fingerprint density at radius 1 is 1.55 bits per heavy atom. The predicted molar refractivity (Wildman–Crippen MR) is 81.3 cm³/mol. The van der Waals surface area contributed by atoms with E-state index in [2.05, 4.69) is 28.2 Å². The van der Waals surface area contributed by atoms with Gasteiger partial charge in [-0.2, -0.15) is 0 Å². The number of nitrogens with one attached hydrogen (secondary N) is 2. The summed E-state index contributed by atoms with van der Waals surface area (Å²) in [4.78, 5) is 12.3. The van der Waals surface area contributed by atoms with Gasteiger partial charge in [0.15, 0.2) is 0 Å². The molecule has 2 heterocycles. The highest BCUT2D eigenvalue weighted by atomic mass is 19.3. The van der Waals surface area contributed by atoms with Gasteiger partial charge in [0.05, 0.1) is 12.1 Å². The Kier molecular flexibility index (Phi) is 4.29. The van der Waals surface area contributed by atoms with Crippen LogP contribution in [-0.4, -0.2) is 36.5 Å². The van der Waals surface area contributed by atoms with Crippen molar-refractivity contribution in [1.82, 2.24) is 15.2 Å². The van der Waals surface area contributed by atoms with Crippen molar-refractivity contribution >= 4 is 11.5 Å². The first-order valence-corrected chi connectivity index (χ1v) is 7.81. The summed E-state index contributed by atoms with van der Waals surface area (Å²) < 4.78 is 26.8. The third-order valence-electron chi connectivity index (χ3n) is 4.48. The molecule has 1 amide bonds. The lowest BCUT2D eigenvalue weighted by Crippen LogP contribution is -2.29. The molecule has 0 fully saturated rings. The van der Waals surface area contributed by atoms with Gasteiger partial charge >= 0.3 is 0 Å². The van der Waals surface area contributed by atoms with Crippen LogP contribution in [-0.2, 0) is 6.54 Å². The van der Waals surface area contributed by atoms with Crippen LogP contribution < -0.4 is 10.6 Å². The summed E-state index contributed by atoms with van der Waals surface area (Å²) in [5.41, 5.74) is 3.93. The number of alkyl halides is 2. The minimum Gasteiger partial charge on any atom is -0.346 e. The Hall–Kier alpha value is -1.69. The van der Waals surface area contributed by atoms with E-state index in [0.29, 0.717) is 5.56 Å². The van der Waals surface area contributed by atoms with Crippen LogP contribution in [0.15, 0.2) is 12.3 Å². The van der Waals surface area contributed by atoms with E-state index in [0.717, 1.165) is 43.7 Å². The fourth-order valence-electron chi connectivity index (χ4n) is 3.41. The molecule has 1 atom stereocenters. The van der Waals surface area contributed by atoms with Gasteiger partial charge in [0.2, 0.25) is 0 Å². The minimum atomic E-state index is -2.53. The van der Waals surface area contributed by atoms with Crippen LogP contribution in [0.25, 0.3) is 5.57 Å². The van der Waals surface area contributed by atoms with Gasteiger partial charge in [0, 0.05) is 31.5 Å². The van der Waals surface area contributed by atoms with Crippen molar-refractivity contribution in [3.05, 3.63) is 29.1 Å². The molecule has 1 aliphatic heterocycles. The van der Waals surface area contributed by atoms with Crippen LogP contribution in [0.1, 0.15) is 47.3 Å². The van der Waals surface area contributed by atoms with E-state index in [1.165, 1.54) is 5.57 Å². The van der Waals surface area contributed by atoms with Crippen LogP contribution >= 0.6 is 0 Å². The number of nitrogens with zero attached hydrogens (tertiary/aromatic N) is 1. The van der Waals surface area contributed by atoms with Crippen LogP contribution in [0.4, 0.5) is 8.78 Å². The molecule has 1 aromatic rings. The average Bonchev–Trinajstić information content (AvgIpc) is 2.76. The molecule has 120 valence electrons. The first-order chi connectivity index (χ1) is 10.6. The Bertz CT molecular complexity index is 607. The highest BCUT2D eigenvalue weighted by Gasteiger charge is 2.31. The maximum absolute atomic E-state index is 12.4. The number of hydrogen-bond donors (Lipinski definition) is 2. The summed E-state index contributed by atoms with van der Waals surface area (Å²) in [5, 5.41) is 5.72. The molecule has 0 aromatic carbocycles. The number of hydrogen-bond acceptors (Lipinski definition) is 2. The second kappa shape index (κ2) is 6.20. The smallest absolute Gasteiger partial charge is 0.255 e. The van der Waals surface area contributed by atoms with Crippen LogP contribution in [0, 0.1) is 0 Å². The number of carbonyl (C=O) groups excluding carboxylic acids is 1. The topological polar surface area (TPSA) is 46.1 Å². The molecule has 0 unspecified atom stereocenters. The van der Waals surface area contributed by atoms with Gasteiger partial charge < -0.3 is 15.2 Å². The fraction of sp³-hybridized carbons (Fsp3) is 0.562. The zero-order valence-electron chi connectivity index (χ0n) is 12.7. The van der Waals surface area contributed by atoms with Gasteiger partial charge in [0.1, 0.15) is 0 Å².